The van der Waals surface area contributed by atoms with Crippen LogP contribution in [0, 0.1) is 0 Å². The number of hydrogen-bond donors (Lipinski definition) is 2. The van der Waals surface area contributed by atoms with Gasteiger partial charge in [0.2, 0.25) is 5.95 Å². The maximum atomic E-state index is 10.3. The summed E-state index contributed by atoms with van der Waals surface area (Å²) >= 11 is 3.54. The average Bonchev–Trinajstić information content (AvgIpc) is 2.79. The molecule has 150 valence electrons. The lowest BCUT2D eigenvalue weighted by molar-refractivity contribution is 0.481. The van der Waals surface area contributed by atoms with E-state index < -0.39 is 0 Å². The largest absolute Gasteiger partial charge is 0.507 e. The third-order valence-electron chi connectivity index (χ3n) is 4.99. The Hall–Kier alpha value is -3.77. The van der Waals surface area contributed by atoms with Gasteiger partial charge in [-0.05, 0) is 29.7 Å². The van der Waals surface area contributed by atoms with Crippen molar-refractivity contribution in [3.63, 3.8) is 0 Å². The number of hydrazone groups is 1. The predicted molar refractivity (Wildman–Crippen MR) is 130 cm³/mol. The highest BCUT2D eigenvalue weighted by Crippen LogP contribution is 2.30. The Bertz CT molecular complexity index is 1430. The maximum Gasteiger partial charge on any atom is 0.244 e. The zero-order valence-corrected chi connectivity index (χ0v) is 17.9. The number of halogens is 1. The van der Waals surface area contributed by atoms with Gasteiger partial charge in [-0.1, -0.05) is 76.6 Å². The van der Waals surface area contributed by atoms with Crippen LogP contribution in [-0.2, 0) is 0 Å². The van der Waals surface area contributed by atoms with E-state index >= 15 is 0 Å². The molecule has 1 heterocycles. The first kappa shape index (κ1) is 19.2. The number of aromatic nitrogens is 2. The summed E-state index contributed by atoms with van der Waals surface area (Å²) in [7, 11) is 0. The zero-order valence-electron chi connectivity index (χ0n) is 16.3. The highest BCUT2D eigenvalue weighted by molar-refractivity contribution is 9.10. The van der Waals surface area contributed by atoms with E-state index in [1.807, 2.05) is 78.9 Å². The van der Waals surface area contributed by atoms with E-state index in [-0.39, 0.29) is 5.75 Å². The Labute approximate surface area is 187 Å². The molecule has 0 spiro atoms. The standard InChI is InChI=1S/C25H17BrN4O/c26-19-12-13-21-20(14-19)24(17-6-2-1-3-7-17)29-25(28-21)30-27-15-18-10-4-8-16-9-5-11-22(31)23(16)18/h1-15,31H,(H,28,29,30)/b27-15+. The van der Waals surface area contributed by atoms with Crippen LogP contribution < -0.4 is 5.43 Å². The zero-order chi connectivity index (χ0) is 21.2. The summed E-state index contributed by atoms with van der Waals surface area (Å²) in [4.78, 5) is 9.32. The second kappa shape index (κ2) is 8.16. The van der Waals surface area contributed by atoms with Crippen molar-refractivity contribution in [2.24, 2.45) is 5.10 Å². The molecule has 0 aliphatic carbocycles. The first-order valence-corrected chi connectivity index (χ1v) is 10.5. The summed E-state index contributed by atoms with van der Waals surface area (Å²) in [5.74, 6) is 0.618. The van der Waals surface area contributed by atoms with Crippen LogP contribution in [-0.4, -0.2) is 21.3 Å². The molecule has 0 aliphatic rings. The molecule has 0 saturated carbocycles. The molecule has 4 aromatic carbocycles. The number of nitrogens with one attached hydrogen (secondary N) is 1. The Balaban J connectivity index is 1.54. The first-order chi connectivity index (χ1) is 15.2. The number of benzene rings is 4. The number of phenolic OH excluding ortho intramolecular Hbond substituents is 1. The SMILES string of the molecule is Oc1cccc2cccc(/C=N/Nc3nc(-c4ccccc4)c4cc(Br)ccc4n3)c12. The fraction of sp³-hybridized carbons (Fsp3) is 0. The number of nitrogens with zero attached hydrogens (tertiary/aromatic N) is 3. The van der Waals surface area contributed by atoms with Crippen molar-refractivity contribution in [3.8, 4) is 17.0 Å². The van der Waals surface area contributed by atoms with Gasteiger partial charge in [0, 0.05) is 26.4 Å². The minimum absolute atomic E-state index is 0.221. The summed E-state index contributed by atoms with van der Waals surface area (Å²) in [6, 6.07) is 27.2. The van der Waals surface area contributed by atoms with E-state index in [9.17, 15) is 5.11 Å². The quantitative estimate of drug-likeness (QED) is 0.237. The first-order valence-electron chi connectivity index (χ1n) is 9.71. The fourth-order valence-corrected chi connectivity index (χ4v) is 3.94. The summed E-state index contributed by atoms with van der Waals surface area (Å²) in [6.07, 6.45) is 1.67. The highest BCUT2D eigenvalue weighted by atomic mass is 79.9. The molecule has 5 nitrogen and oxygen atoms in total. The van der Waals surface area contributed by atoms with E-state index in [1.165, 1.54) is 0 Å². The van der Waals surface area contributed by atoms with Crippen molar-refractivity contribution in [3.05, 3.63) is 95.0 Å². The molecule has 31 heavy (non-hydrogen) atoms. The molecule has 0 bridgehead atoms. The molecule has 2 N–H and O–H groups in total. The van der Waals surface area contributed by atoms with Crippen molar-refractivity contribution >= 4 is 49.8 Å². The molecule has 0 saturated heterocycles. The lowest BCUT2D eigenvalue weighted by Crippen LogP contribution is -2.00. The van der Waals surface area contributed by atoms with E-state index in [2.05, 4.69) is 31.4 Å². The maximum absolute atomic E-state index is 10.3. The van der Waals surface area contributed by atoms with E-state index in [0.29, 0.717) is 5.95 Å². The summed E-state index contributed by atoms with van der Waals surface area (Å²) < 4.78 is 0.968. The van der Waals surface area contributed by atoms with E-state index in [1.54, 1.807) is 12.3 Å². The van der Waals surface area contributed by atoms with Crippen LogP contribution in [0.15, 0.2) is 94.5 Å². The number of fused-ring (bicyclic) bond motifs is 2. The van der Waals surface area contributed by atoms with Gasteiger partial charge in [0.25, 0.3) is 0 Å². The normalized spacial score (nSPS) is 11.4. The smallest absolute Gasteiger partial charge is 0.244 e. The van der Waals surface area contributed by atoms with Crippen molar-refractivity contribution < 1.29 is 5.11 Å². The molecule has 0 unspecified atom stereocenters. The van der Waals surface area contributed by atoms with Gasteiger partial charge < -0.3 is 5.11 Å². The van der Waals surface area contributed by atoms with Crippen LogP contribution in [0.2, 0.25) is 0 Å². The van der Waals surface area contributed by atoms with Gasteiger partial charge >= 0.3 is 0 Å². The summed E-state index contributed by atoms with van der Waals surface area (Å²) in [5, 5.41) is 17.3. The number of hydrogen-bond acceptors (Lipinski definition) is 5. The number of anilines is 1. The van der Waals surface area contributed by atoms with Crippen molar-refractivity contribution in [2.75, 3.05) is 5.43 Å². The van der Waals surface area contributed by atoms with Gasteiger partial charge in [0.1, 0.15) is 5.75 Å². The Kier molecular flexibility index (Phi) is 5.06. The Morgan fingerprint density at radius 1 is 0.871 bits per heavy atom. The van der Waals surface area contributed by atoms with Crippen LogP contribution in [0.1, 0.15) is 5.56 Å². The lowest BCUT2D eigenvalue weighted by atomic mass is 10.0. The lowest BCUT2D eigenvalue weighted by Gasteiger charge is -2.09. The molecule has 1 aromatic heterocycles. The summed E-state index contributed by atoms with van der Waals surface area (Å²) in [6.45, 7) is 0. The number of aromatic hydroxyl groups is 1. The van der Waals surface area contributed by atoms with E-state index in [4.69, 9.17) is 4.98 Å². The van der Waals surface area contributed by atoms with Gasteiger partial charge in [0.15, 0.2) is 0 Å². The van der Waals surface area contributed by atoms with Crippen molar-refractivity contribution in [1.29, 1.82) is 0 Å². The minimum Gasteiger partial charge on any atom is -0.507 e. The van der Waals surface area contributed by atoms with Gasteiger partial charge in [-0.25, -0.2) is 15.4 Å². The van der Waals surface area contributed by atoms with Gasteiger partial charge in [0.05, 0.1) is 17.4 Å². The van der Waals surface area contributed by atoms with Crippen LogP contribution in [0.25, 0.3) is 32.9 Å². The van der Waals surface area contributed by atoms with Crippen LogP contribution >= 0.6 is 15.9 Å². The second-order valence-corrected chi connectivity index (χ2v) is 7.93. The molecule has 0 radical (unpaired) electrons. The van der Waals surface area contributed by atoms with Gasteiger partial charge in [-0.2, -0.15) is 5.10 Å². The molecule has 0 atom stereocenters. The molecule has 0 fully saturated rings. The van der Waals surface area contributed by atoms with Gasteiger partial charge in [-0.15, -0.1) is 0 Å². The molecule has 0 amide bonds. The van der Waals surface area contributed by atoms with E-state index in [0.717, 1.165) is 43.0 Å². The van der Waals surface area contributed by atoms with Crippen LogP contribution in [0.4, 0.5) is 5.95 Å². The molecular weight excluding hydrogens is 452 g/mol. The minimum atomic E-state index is 0.221. The predicted octanol–water partition coefficient (Wildman–Crippen LogP) is 6.36. The second-order valence-electron chi connectivity index (χ2n) is 7.02. The Morgan fingerprint density at radius 2 is 1.68 bits per heavy atom. The monoisotopic (exact) mass is 468 g/mol. The molecule has 0 aliphatic heterocycles. The third-order valence-corrected chi connectivity index (χ3v) is 5.48. The molecule has 6 heteroatoms. The number of rotatable bonds is 4. The average molecular weight is 469 g/mol. The fourth-order valence-electron chi connectivity index (χ4n) is 3.58. The molecule has 5 rings (SSSR count). The summed E-state index contributed by atoms with van der Waals surface area (Å²) in [5.41, 5.74) is 6.39. The van der Waals surface area contributed by atoms with Crippen molar-refractivity contribution in [2.45, 2.75) is 0 Å². The van der Waals surface area contributed by atoms with Crippen LogP contribution in [0.3, 0.4) is 0 Å². The highest BCUT2D eigenvalue weighted by Gasteiger charge is 2.10. The van der Waals surface area contributed by atoms with Gasteiger partial charge in [-0.3, -0.25) is 0 Å². The van der Waals surface area contributed by atoms with Crippen molar-refractivity contribution in [1.82, 2.24) is 9.97 Å². The molecule has 5 aromatic rings. The topological polar surface area (TPSA) is 70.4 Å². The Morgan fingerprint density at radius 3 is 2.52 bits per heavy atom. The van der Waals surface area contributed by atoms with Crippen LogP contribution in [0.5, 0.6) is 5.75 Å². The third kappa shape index (κ3) is 3.85. The number of phenols is 1. The molecular formula is C25H17BrN4O.